The molecule has 0 fully saturated rings. The summed E-state index contributed by atoms with van der Waals surface area (Å²) in [5.41, 5.74) is 0.134. The van der Waals surface area contributed by atoms with Crippen molar-refractivity contribution in [3.05, 3.63) is 53.5 Å². The van der Waals surface area contributed by atoms with Crippen LogP contribution < -0.4 is 9.47 Å². The second-order valence-corrected chi connectivity index (χ2v) is 5.07. The van der Waals surface area contributed by atoms with Gasteiger partial charge in [0.1, 0.15) is 11.5 Å². The lowest BCUT2D eigenvalue weighted by Crippen LogP contribution is -2.08. The van der Waals surface area contributed by atoms with Crippen LogP contribution in [0.1, 0.15) is 10.5 Å². The smallest absolute Gasteiger partial charge is 0.365 e. The van der Waals surface area contributed by atoms with Crippen molar-refractivity contribution in [3.63, 3.8) is 0 Å². The SMILES string of the molecule is COc1ccc(OC(=O)c2cc(-c3cccs3)on2)cc1. The molecule has 3 aromatic rings. The van der Waals surface area contributed by atoms with Gasteiger partial charge in [0.05, 0.1) is 12.0 Å². The molecule has 3 rings (SSSR count). The molecule has 0 saturated carbocycles. The molecule has 0 N–H and O–H groups in total. The maximum atomic E-state index is 12.0. The molecule has 0 atom stereocenters. The van der Waals surface area contributed by atoms with Crippen LogP contribution in [0.3, 0.4) is 0 Å². The van der Waals surface area contributed by atoms with Gasteiger partial charge in [0.25, 0.3) is 0 Å². The molecule has 6 heteroatoms. The standard InChI is InChI=1S/C15H11NO4S/c1-18-10-4-6-11(7-5-10)19-15(17)12-9-13(20-16-12)14-3-2-8-21-14/h2-9H,1H3. The van der Waals surface area contributed by atoms with Gasteiger partial charge in [-0.1, -0.05) is 11.2 Å². The Kier molecular flexibility index (Phi) is 3.70. The van der Waals surface area contributed by atoms with Crippen LogP contribution in [0, 0.1) is 0 Å². The number of rotatable bonds is 4. The van der Waals surface area contributed by atoms with Gasteiger partial charge in [0.2, 0.25) is 0 Å². The average molecular weight is 301 g/mol. The third kappa shape index (κ3) is 2.95. The molecule has 2 heterocycles. The number of hydrogen-bond acceptors (Lipinski definition) is 6. The van der Waals surface area contributed by atoms with E-state index < -0.39 is 5.97 Å². The molecule has 1 aromatic carbocycles. The Balaban J connectivity index is 1.73. The van der Waals surface area contributed by atoms with E-state index in [1.165, 1.54) is 11.3 Å². The highest BCUT2D eigenvalue weighted by Gasteiger charge is 2.16. The van der Waals surface area contributed by atoms with Gasteiger partial charge in [0, 0.05) is 6.07 Å². The summed E-state index contributed by atoms with van der Waals surface area (Å²) in [7, 11) is 1.57. The molecule has 0 radical (unpaired) electrons. The molecule has 106 valence electrons. The summed E-state index contributed by atoms with van der Waals surface area (Å²) in [6, 6.07) is 12.1. The number of methoxy groups -OCH3 is 1. The third-order valence-electron chi connectivity index (χ3n) is 2.75. The Morgan fingerprint density at radius 2 is 1.95 bits per heavy atom. The Labute approximate surface area is 124 Å². The number of carbonyl (C=O) groups is 1. The first-order valence-electron chi connectivity index (χ1n) is 6.13. The monoisotopic (exact) mass is 301 g/mol. The quantitative estimate of drug-likeness (QED) is 0.544. The van der Waals surface area contributed by atoms with Crippen molar-refractivity contribution < 1.29 is 18.8 Å². The summed E-state index contributed by atoms with van der Waals surface area (Å²) in [6.45, 7) is 0. The lowest BCUT2D eigenvalue weighted by atomic mass is 10.3. The van der Waals surface area contributed by atoms with Crippen molar-refractivity contribution in [2.45, 2.75) is 0 Å². The van der Waals surface area contributed by atoms with E-state index in [4.69, 9.17) is 14.0 Å². The van der Waals surface area contributed by atoms with Crippen molar-refractivity contribution in [3.8, 4) is 22.1 Å². The molecular formula is C15H11NO4S. The number of nitrogens with zero attached hydrogens (tertiary/aromatic N) is 1. The molecule has 0 spiro atoms. The van der Waals surface area contributed by atoms with Gasteiger partial charge >= 0.3 is 5.97 Å². The Hall–Kier alpha value is -2.60. The minimum Gasteiger partial charge on any atom is -0.497 e. The number of carbonyl (C=O) groups excluding carboxylic acids is 1. The largest absolute Gasteiger partial charge is 0.497 e. The summed E-state index contributed by atoms with van der Waals surface area (Å²) in [6.07, 6.45) is 0. The molecular weight excluding hydrogens is 290 g/mol. The molecule has 0 unspecified atom stereocenters. The van der Waals surface area contributed by atoms with Crippen molar-refractivity contribution in [2.75, 3.05) is 7.11 Å². The van der Waals surface area contributed by atoms with E-state index in [2.05, 4.69) is 5.16 Å². The Bertz CT molecular complexity index is 731. The molecule has 0 bridgehead atoms. The van der Waals surface area contributed by atoms with E-state index in [9.17, 15) is 4.79 Å². The molecule has 0 aliphatic heterocycles. The first kappa shape index (κ1) is 13.4. The van der Waals surface area contributed by atoms with Crippen LogP contribution in [0.15, 0.2) is 52.4 Å². The van der Waals surface area contributed by atoms with E-state index >= 15 is 0 Å². The Morgan fingerprint density at radius 3 is 2.62 bits per heavy atom. The van der Waals surface area contributed by atoms with Crippen LogP contribution in [-0.4, -0.2) is 18.2 Å². The second kappa shape index (κ2) is 5.80. The van der Waals surface area contributed by atoms with Crippen molar-refractivity contribution in [2.24, 2.45) is 0 Å². The van der Waals surface area contributed by atoms with Crippen LogP contribution in [-0.2, 0) is 0 Å². The average Bonchev–Trinajstić information content (AvgIpc) is 3.19. The molecule has 21 heavy (non-hydrogen) atoms. The lowest BCUT2D eigenvalue weighted by molar-refractivity contribution is 0.0724. The van der Waals surface area contributed by atoms with Crippen LogP contribution in [0.25, 0.3) is 10.6 Å². The summed E-state index contributed by atoms with van der Waals surface area (Å²) in [5, 5.41) is 5.66. The molecule has 5 nitrogen and oxygen atoms in total. The maximum absolute atomic E-state index is 12.0. The van der Waals surface area contributed by atoms with Crippen LogP contribution in [0.2, 0.25) is 0 Å². The van der Waals surface area contributed by atoms with Crippen molar-refractivity contribution in [1.29, 1.82) is 0 Å². The fraction of sp³-hybridized carbons (Fsp3) is 0.0667. The van der Waals surface area contributed by atoms with E-state index in [1.54, 1.807) is 37.4 Å². The highest BCUT2D eigenvalue weighted by Crippen LogP contribution is 2.25. The fourth-order valence-corrected chi connectivity index (χ4v) is 2.38. The van der Waals surface area contributed by atoms with Gasteiger partial charge in [-0.2, -0.15) is 0 Å². The number of benzene rings is 1. The first-order chi connectivity index (χ1) is 10.3. The second-order valence-electron chi connectivity index (χ2n) is 4.12. The number of esters is 1. The summed E-state index contributed by atoms with van der Waals surface area (Å²) >= 11 is 1.51. The third-order valence-corrected chi connectivity index (χ3v) is 3.64. The summed E-state index contributed by atoms with van der Waals surface area (Å²) in [5.74, 6) is 1.09. The first-order valence-corrected chi connectivity index (χ1v) is 7.01. The summed E-state index contributed by atoms with van der Waals surface area (Å²) in [4.78, 5) is 12.9. The number of thiophene rings is 1. The topological polar surface area (TPSA) is 61.6 Å². The molecule has 0 aliphatic carbocycles. The fourth-order valence-electron chi connectivity index (χ4n) is 1.71. The van der Waals surface area contributed by atoms with Gasteiger partial charge in [-0.25, -0.2) is 4.79 Å². The highest BCUT2D eigenvalue weighted by molar-refractivity contribution is 7.13. The summed E-state index contributed by atoms with van der Waals surface area (Å²) < 4.78 is 15.4. The lowest BCUT2D eigenvalue weighted by Gasteiger charge is -2.03. The predicted octanol–water partition coefficient (Wildman–Crippen LogP) is 3.63. The van der Waals surface area contributed by atoms with Crippen LogP contribution >= 0.6 is 11.3 Å². The zero-order valence-corrected chi connectivity index (χ0v) is 11.9. The predicted molar refractivity (Wildman–Crippen MR) is 77.8 cm³/mol. The van der Waals surface area contributed by atoms with Gasteiger partial charge in [0.15, 0.2) is 11.5 Å². The minimum atomic E-state index is -0.563. The van der Waals surface area contributed by atoms with E-state index in [0.29, 0.717) is 17.3 Å². The van der Waals surface area contributed by atoms with E-state index in [0.717, 1.165) is 4.88 Å². The van der Waals surface area contributed by atoms with Gasteiger partial charge in [-0.15, -0.1) is 11.3 Å². The highest BCUT2D eigenvalue weighted by atomic mass is 32.1. The number of aromatic nitrogens is 1. The van der Waals surface area contributed by atoms with E-state index in [1.807, 2.05) is 17.5 Å². The number of ether oxygens (including phenoxy) is 2. The van der Waals surface area contributed by atoms with E-state index in [-0.39, 0.29) is 5.69 Å². The van der Waals surface area contributed by atoms with Crippen molar-refractivity contribution >= 4 is 17.3 Å². The zero-order chi connectivity index (χ0) is 14.7. The number of hydrogen-bond donors (Lipinski definition) is 0. The van der Waals surface area contributed by atoms with Gasteiger partial charge in [-0.3, -0.25) is 0 Å². The molecule has 0 amide bonds. The van der Waals surface area contributed by atoms with Crippen LogP contribution in [0.5, 0.6) is 11.5 Å². The zero-order valence-electron chi connectivity index (χ0n) is 11.1. The van der Waals surface area contributed by atoms with Crippen molar-refractivity contribution in [1.82, 2.24) is 5.16 Å². The normalized spacial score (nSPS) is 10.3. The molecule has 0 saturated heterocycles. The minimum absolute atomic E-state index is 0.134. The van der Waals surface area contributed by atoms with Crippen LogP contribution in [0.4, 0.5) is 0 Å². The Morgan fingerprint density at radius 1 is 1.19 bits per heavy atom. The van der Waals surface area contributed by atoms with Gasteiger partial charge < -0.3 is 14.0 Å². The molecule has 0 aliphatic rings. The maximum Gasteiger partial charge on any atom is 0.365 e. The molecule has 2 aromatic heterocycles. The van der Waals surface area contributed by atoms with Gasteiger partial charge in [-0.05, 0) is 35.7 Å².